The Kier molecular flexibility index (Phi) is 13.3. The van der Waals surface area contributed by atoms with E-state index in [1.807, 2.05) is 4.90 Å². The van der Waals surface area contributed by atoms with Gasteiger partial charge < -0.3 is 16.0 Å². The van der Waals surface area contributed by atoms with E-state index in [2.05, 4.69) is 10.3 Å². The molecule has 6 nitrogen and oxygen atoms in total. The molecule has 0 unspecified atom stereocenters. The minimum atomic E-state index is -0.0929. The second-order valence-corrected chi connectivity index (χ2v) is 9.62. The number of nitrogens with one attached hydrogen (secondary N) is 2. The van der Waals surface area contributed by atoms with Gasteiger partial charge in [0.2, 0.25) is 0 Å². The standard InChI is InChI=1S/C25H47N5O/c26-23(18-17-22-15-16-22)14-10-6-2-1-4-8-12-20-30-21-13-9-5-3-7-11-19-28-24(27)29-25(30)31/h22,26H,1-21H2,(H3,27,28,29,31). The van der Waals surface area contributed by atoms with Gasteiger partial charge in [0.1, 0.15) is 0 Å². The molecule has 0 aromatic heterocycles. The lowest BCUT2D eigenvalue weighted by Gasteiger charge is -2.23. The van der Waals surface area contributed by atoms with E-state index in [4.69, 9.17) is 11.1 Å². The van der Waals surface area contributed by atoms with E-state index in [-0.39, 0.29) is 12.0 Å². The van der Waals surface area contributed by atoms with E-state index in [1.54, 1.807) is 0 Å². The Balaban J connectivity index is 1.51. The normalized spacial score (nSPS) is 19.0. The maximum absolute atomic E-state index is 12.5. The van der Waals surface area contributed by atoms with Crippen LogP contribution in [0.5, 0.6) is 0 Å². The molecule has 0 bridgehead atoms. The van der Waals surface area contributed by atoms with Crippen LogP contribution in [0.3, 0.4) is 0 Å². The number of hydrogen-bond donors (Lipinski definition) is 3. The van der Waals surface area contributed by atoms with Crippen molar-refractivity contribution in [2.24, 2.45) is 16.6 Å². The van der Waals surface area contributed by atoms with Crippen molar-refractivity contribution in [2.45, 2.75) is 116 Å². The highest BCUT2D eigenvalue weighted by atomic mass is 16.2. The molecule has 0 atom stereocenters. The van der Waals surface area contributed by atoms with Gasteiger partial charge in [0.15, 0.2) is 5.96 Å². The molecule has 1 aliphatic heterocycles. The van der Waals surface area contributed by atoms with Gasteiger partial charge >= 0.3 is 6.03 Å². The van der Waals surface area contributed by atoms with E-state index in [9.17, 15) is 4.79 Å². The first-order chi connectivity index (χ1) is 15.1. The maximum Gasteiger partial charge on any atom is 0.324 e. The Labute approximate surface area is 190 Å². The number of rotatable bonds is 13. The number of urea groups is 1. The van der Waals surface area contributed by atoms with Crippen LogP contribution >= 0.6 is 0 Å². The third kappa shape index (κ3) is 13.4. The molecule has 1 saturated carbocycles. The highest BCUT2D eigenvalue weighted by Crippen LogP contribution is 2.33. The number of carbonyl (C=O) groups excluding carboxylic acids is 1. The third-order valence-corrected chi connectivity index (χ3v) is 6.60. The second-order valence-electron chi connectivity index (χ2n) is 9.62. The zero-order chi connectivity index (χ0) is 22.2. The van der Waals surface area contributed by atoms with Crippen LogP contribution in [0.2, 0.25) is 0 Å². The number of nitrogens with zero attached hydrogens (tertiary/aromatic N) is 2. The highest BCUT2D eigenvalue weighted by molar-refractivity contribution is 5.95. The summed E-state index contributed by atoms with van der Waals surface area (Å²) in [6, 6.07) is -0.0929. The van der Waals surface area contributed by atoms with Gasteiger partial charge in [-0.05, 0) is 50.9 Å². The van der Waals surface area contributed by atoms with Crippen molar-refractivity contribution in [3.63, 3.8) is 0 Å². The SMILES string of the molecule is N=C(CCCCCCCCCN1CCCCCCCCN=C(N)NC1=O)CCC1CC1. The monoisotopic (exact) mass is 433 g/mol. The van der Waals surface area contributed by atoms with Gasteiger partial charge in [-0.1, -0.05) is 70.6 Å². The van der Waals surface area contributed by atoms with Gasteiger partial charge in [-0.2, -0.15) is 0 Å². The van der Waals surface area contributed by atoms with E-state index >= 15 is 0 Å². The van der Waals surface area contributed by atoms with Gasteiger partial charge in [-0.25, -0.2) is 4.79 Å². The van der Waals surface area contributed by atoms with E-state index in [0.717, 1.165) is 56.8 Å². The third-order valence-electron chi connectivity index (χ3n) is 6.60. The minimum Gasteiger partial charge on any atom is -0.370 e. The molecule has 2 aliphatic rings. The quantitative estimate of drug-likeness (QED) is 0.245. The van der Waals surface area contributed by atoms with Crippen LogP contribution in [0.1, 0.15) is 116 Å². The fourth-order valence-electron chi connectivity index (χ4n) is 4.30. The Hall–Kier alpha value is -1.59. The van der Waals surface area contributed by atoms with Gasteiger partial charge in [-0.3, -0.25) is 10.3 Å². The molecule has 178 valence electrons. The van der Waals surface area contributed by atoms with Crippen molar-refractivity contribution >= 4 is 17.7 Å². The van der Waals surface area contributed by atoms with Gasteiger partial charge in [0, 0.05) is 25.3 Å². The molecule has 2 amide bonds. The van der Waals surface area contributed by atoms with Crippen LogP contribution < -0.4 is 11.1 Å². The average molecular weight is 434 g/mol. The van der Waals surface area contributed by atoms with E-state index < -0.39 is 0 Å². The van der Waals surface area contributed by atoms with Crippen LogP contribution in [0.25, 0.3) is 0 Å². The Morgan fingerprint density at radius 2 is 1.58 bits per heavy atom. The highest BCUT2D eigenvalue weighted by Gasteiger charge is 2.20. The fourth-order valence-corrected chi connectivity index (χ4v) is 4.30. The summed E-state index contributed by atoms with van der Waals surface area (Å²) < 4.78 is 0. The van der Waals surface area contributed by atoms with Crippen LogP contribution in [-0.2, 0) is 0 Å². The summed E-state index contributed by atoms with van der Waals surface area (Å²) in [5.41, 5.74) is 6.84. The van der Waals surface area contributed by atoms with Gasteiger partial charge in [0.05, 0.1) is 0 Å². The van der Waals surface area contributed by atoms with Crippen molar-refractivity contribution in [3.8, 4) is 0 Å². The zero-order valence-electron chi connectivity index (χ0n) is 19.8. The molecule has 0 radical (unpaired) electrons. The lowest BCUT2D eigenvalue weighted by Crippen LogP contribution is -2.46. The van der Waals surface area contributed by atoms with Crippen LogP contribution in [0.15, 0.2) is 4.99 Å². The van der Waals surface area contributed by atoms with E-state index in [1.165, 1.54) is 83.5 Å². The Morgan fingerprint density at radius 1 is 0.935 bits per heavy atom. The fraction of sp³-hybridized carbons (Fsp3) is 0.880. The molecule has 6 heteroatoms. The summed E-state index contributed by atoms with van der Waals surface area (Å²) in [5, 5.41) is 10.8. The molecule has 1 fully saturated rings. The van der Waals surface area contributed by atoms with Gasteiger partial charge in [-0.15, -0.1) is 0 Å². The molecule has 1 aliphatic carbocycles. The first-order valence-electron chi connectivity index (χ1n) is 13.1. The smallest absolute Gasteiger partial charge is 0.324 e. The average Bonchev–Trinajstić information content (AvgIpc) is 3.57. The van der Waals surface area contributed by atoms with Gasteiger partial charge in [0.25, 0.3) is 0 Å². The molecule has 1 heterocycles. The Bertz CT molecular complexity index is 544. The number of nitrogens with two attached hydrogens (primary N) is 1. The largest absolute Gasteiger partial charge is 0.370 e. The molecular formula is C25H47N5O. The Morgan fingerprint density at radius 3 is 2.32 bits per heavy atom. The predicted octanol–water partition coefficient (Wildman–Crippen LogP) is 6.00. The minimum absolute atomic E-state index is 0.0929. The summed E-state index contributed by atoms with van der Waals surface area (Å²) in [6.07, 6.45) is 21.5. The van der Waals surface area contributed by atoms with Crippen LogP contribution in [0.4, 0.5) is 4.79 Å². The molecule has 31 heavy (non-hydrogen) atoms. The summed E-state index contributed by atoms with van der Waals surface area (Å²) in [6.45, 7) is 2.32. The molecule has 0 aromatic rings. The molecule has 0 spiro atoms. The summed E-state index contributed by atoms with van der Waals surface area (Å²) in [5.74, 6) is 1.21. The lowest BCUT2D eigenvalue weighted by atomic mass is 10.0. The molecule has 2 rings (SSSR count). The topological polar surface area (TPSA) is 94.6 Å². The van der Waals surface area contributed by atoms with Crippen molar-refractivity contribution in [2.75, 3.05) is 19.6 Å². The summed E-state index contributed by atoms with van der Waals surface area (Å²) in [4.78, 5) is 18.7. The number of carbonyl (C=O) groups is 1. The molecule has 0 saturated heterocycles. The number of amides is 2. The first-order valence-corrected chi connectivity index (χ1v) is 13.1. The number of guanidine groups is 1. The van der Waals surface area contributed by atoms with Crippen molar-refractivity contribution in [1.29, 1.82) is 5.41 Å². The summed E-state index contributed by atoms with van der Waals surface area (Å²) in [7, 11) is 0. The first kappa shape index (κ1) is 25.7. The number of aliphatic imine (C=N–C) groups is 1. The van der Waals surface area contributed by atoms with Crippen molar-refractivity contribution < 1.29 is 4.79 Å². The second kappa shape index (κ2) is 16.1. The van der Waals surface area contributed by atoms with Crippen LogP contribution in [-0.4, -0.2) is 42.2 Å². The number of unbranched alkanes of at least 4 members (excludes halogenated alkanes) is 6. The zero-order valence-corrected chi connectivity index (χ0v) is 19.8. The lowest BCUT2D eigenvalue weighted by molar-refractivity contribution is 0.200. The molecule has 0 aromatic carbocycles. The van der Waals surface area contributed by atoms with E-state index in [0.29, 0.717) is 6.54 Å². The molecule has 4 N–H and O–H groups in total. The predicted molar refractivity (Wildman–Crippen MR) is 131 cm³/mol. The molecular weight excluding hydrogens is 386 g/mol. The summed E-state index contributed by atoms with van der Waals surface area (Å²) >= 11 is 0. The maximum atomic E-state index is 12.5. The van der Waals surface area contributed by atoms with Crippen LogP contribution in [0, 0.1) is 11.3 Å². The van der Waals surface area contributed by atoms with Crippen molar-refractivity contribution in [3.05, 3.63) is 0 Å². The van der Waals surface area contributed by atoms with Crippen molar-refractivity contribution in [1.82, 2.24) is 10.2 Å². The number of hydrogen-bond acceptors (Lipinski definition) is 4.